The highest BCUT2D eigenvalue weighted by Gasteiger charge is 2.90. The fourth-order valence-corrected chi connectivity index (χ4v) is 8.88. The van der Waals surface area contributed by atoms with Crippen LogP contribution in [0.25, 0.3) is 0 Å². The Balaban J connectivity index is 1.44. The molecule has 11 atom stereocenters. The number of allylic oxidation sites excluding steroid dienone is 3. The van der Waals surface area contributed by atoms with Gasteiger partial charge in [-0.2, -0.15) is 0 Å². The molecule has 2 spiro atoms. The van der Waals surface area contributed by atoms with Crippen LogP contribution in [0.4, 0.5) is 0 Å². The number of aliphatic hydroxyl groups is 2. The lowest BCUT2D eigenvalue weighted by molar-refractivity contribution is -0.207. The van der Waals surface area contributed by atoms with Gasteiger partial charge in [0.1, 0.15) is 17.3 Å². The van der Waals surface area contributed by atoms with Crippen LogP contribution in [0, 0.1) is 40.4 Å². The minimum absolute atomic E-state index is 0.0366. The van der Waals surface area contributed by atoms with Crippen LogP contribution in [0.2, 0.25) is 0 Å². The maximum atomic E-state index is 13.8. The van der Waals surface area contributed by atoms with Crippen LogP contribution in [0.1, 0.15) is 73.1 Å². The summed E-state index contributed by atoms with van der Waals surface area (Å²) < 4.78 is 6.70. The zero-order valence-corrected chi connectivity index (χ0v) is 21.1. The first-order valence-corrected chi connectivity index (χ1v) is 13.0. The zero-order valence-electron chi connectivity index (χ0n) is 21.1. The molecule has 188 valence electrons. The second-order valence-electron chi connectivity index (χ2n) is 12.6. The predicted molar refractivity (Wildman–Crippen MR) is 127 cm³/mol. The maximum Gasteiger partial charge on any atom is 0.306 e. The summed E-state index contributed by atoms with van der Waals surface area (Å²) in [6.45, 7) is 10.2. The van der Waals surface area contributed by atoms with E-state index in [2.05, 4.69) is 19.9 Å². The zero-order chi connectivity index (χ0) is 24.9. The fraction of sp³-hybridized carbons (Fsp3) is 0.786. The number of carboxylic acid groups (broad SMARTS) is 1. The SMILES string of the molecule is CC(C=CC(C)C1CCC23OC24C(=O)CC2(O)C(O)C=CCC2(C)C4CCC13C)C(C)C(=O)O. The van der Waals surface area contributed by atoms with Crippen LogP contribution in [0.15, 0.2) is 24.3 Å². The number of ketones is 1. The summed E-state index contributed by atoms with van der Waals surface area (Å²) in [5.74, 6) is -0.823. The predicted octanol–water partition coefficient (Wildman–Crippen LogP) is 3.90. The van der Waals surface area contributed by atoms with Crippen molar-refractivity contribution in [3.8, 4) is 0 Å². The third kappa shape index (κ3) is 2.63. The smallest absolute Gasteiger partial charge is 0.306 e. The molecule has 0 aromatic rings. The average molecular weight is 473 g/mol. The van der Waals surface area contributed by atoms with Crippen molar-refractivity contribution < 1.29 is 29.6 Å². The Morgan fingerprint density at radius 2 is 1.85 bits per heavy atom. The number of ether oxygens (including phenoxy) is 1. The number of hydrogen-bond donors (Lipinski definition) is 3. The van der Waals surface area contributed by atoms with Gasteiger partial charge in [-0.1, -0.05) is 58.9 Å². The number of epoxide rings is 1. The Hall–Kier alpha value is -1.50. The van der Waals surface area contributed by atoms with Gasteiger partial charge in [-0.3, -0.25) is 9.59 Å². The van der Waals surface area contributed by atoms with Gasteiger partial charge >= 0.3 is 5.97 Å². The van der Waals surface area contributed by atoms with E-state index in [9.17, 15) is 24.9 Å². The molecule has 1 saturated heterocycles. The lowest BCUT2D eigenvalue weighted by Crippen LogP contribution is -2.71. The molecule has 4 fully saturated rings. The Kier molecular flexibility index (Phi) is 5.17. The normalized spacial score (nSPS) is 51.7. The number of carbonyl (C=O) groups excluding carboxylic acids is 1. The van der Waals surface area contributed by atoms with Gasteiger partial charge in [-0.15, -0.1) is 0 Å². The van der Waals surface area contributed by atoms with Gasteiger partial charge < -0.3 is 20.1 Å². The van der Waals surface area contributed by atoms with Gasteiger partial charge in [-0.25, -0.2) is 0 Å². The number of hydrogen-bond acceptors (Lipinski definition) is 5. The van der Waals surface area contributed by atoms with Gasteiger partial charge in [0.2, 0.25) is 0 Å². The van der Waals surface area contributed by atoms with Gasteiger partial charge in [0, 0.05) is 23.2 Å². The Morgan fingerprint density at radius 1 is 1.15 bits per heavy atom. The highest BCUT2D eigenvalue weighted by molar-refractivity contribution is 5.95. The van der Waals surface area contributed by atoms with Crippen molar-refractivity contribution >= 4 is 11.8 Å². The van der Waals surface area contributed by atoms with Crippen molar-refractivity contribution in [2.75, 3.05) is 0 Å². The van der Waals surface area contributed by atoms with E-state index in [4.69, 9.17) is 4.74 Å². The molecule has 5 aliphatic rings. The van der Waals surface area contributed by atoms with E-state index in [-0.39, 0.29) is 35.4 Å². The highest BCUT2D eigenvalue weighted by Crippen LogP contribution is 2.80. The summed E-state index contributed by atoms with van der Waals surface area (Å²) in [5.41, 5.74) is -3.55. The Bertz CT molecular complexity index is 972. The molecule has 0 radical (unpaired) electrons. The molecule has 34 heavy (non-hydrogen) atoms. The highest BCUT2D eigenvalue weighted by atomic mass is 16.6. The van der Waals surface area contributed by atoms with E-state index in [0.717, 1.165) is 25.7 Å². The fourth-order valence-electron chi connectivity index (χ4n) is 8.88. The van der Waals surface area contributed by atoms with Crippen LogP contribution in [0.3, 0.4) is 0 Å². The topological polar surface area (TPSA) is 107 Å². The molecule has 3 saturated carbocycles. The van der Waals surface area contributed by atoms with Crippen molar-refractivity contribution in [2.24, 2.45) is 40.4 Å². The largest absolute Gasteiger partial charge is 0.481 e. The molecular weight excluding hydrogens is 432 g/mol. The Labute approximate surface area is 202 Å². The third-order valence-electron chi connectivity index (χ3n) is 11.4. The van der Waals surface area contributed by atoms with Crippen LogP contribution in [-0.4, -0.2) is 50.0 Å². The minimum Gasteiger partial charge on any atom is -0.481 e. The number of rotatable bonds is 5. The standard InChI is InChI=1S/C28H40O6/c1-16(18(3)23(31)32)8-9-17(2)19-10-14-27-24(19,4)13-11-20-25(5)12-6-7-21(29)26(25,33)15-22(30)28(20,27)34-27/h6-9,16-21,29,33H,10-15H2,1-5H3,(H,31,32). The van der Waals surface area contributed by atoms with Crippen LogP contribution in [0.5, 0.6) is 0 Å². The molecule has 0 aromatic carbocycles. The number of carboxylic acids is 1. The van der Waals surface area contributed by atoms with E-state index in [0.29, 0.717) is 12.3 Å². The molecule has 0 amide bonds. The van der Waals surface area contributed by atoms with Crippen LogP contribution < -0.4 is 0 Å². The Morgan fingerprint density at radius 3 is 2.53 bits per heavy atom. The van der Waals surface area contributed by atoms with Gasteiger partial charge in [0.25, 0.3) is 0 Å². The molecule has 0 bridgehead atoms. The second-order valence-corrected chi connectivity index (χ2v) is 12.6. The molecule has 6 heteroatoms. The van der Waals surface area contributed by atoms with Gasteiger partial charge in [-0.05, 0) is 49.9 Å². The quantitative estimate of drug-likeness (QED) is 0.414. The molecule has 1 aliphatic heterocycles. The first-order valence-electron chi connectivity index (χ1n) is 13.0. The van der Waals surface area contributed by atoms with Crippen molar-refractivity contribution in [2.45, 2.75) is 96.1 Å². The number of carbonyl (C=O) groups is 2. The van der Waals surface area contributed by atoms with Crippen LogP contribution in [-0.2, 0) is 14.3 Å². The first-order chi connectivity index (χ1) is 15.8. The number of aliphatic hydroxyl groups excluding tert-OH is 1. The van der Waals surface area contributed by atoms with E-state index in [1.54, 1.807) is 13.0 Å². The minimum atomic E-state index is -1.44. The van der Waals surface area contributed by atoms with E-state index in [1.807, 2.05) is 26.0 Å². The summed E-state index contributed by atoms with van der Waals surface area (Å²) in [6.07, 6.45) is 10.9. The van der Waals surface area contributed by atoms with Crippen molar-refractivity contribution in [3.05, 3.63) is 24.3 Å². The summed E-state index contributed by atoms with van der Waals surface area (Å²) in [7, 11) is 0. The summed E-state index contributed by atoms with van der Waals surface area (Å²) in [5, 5.41) is 31.6. The average Bonchev–Trinajstić information content (AvgIpc) is 3.38. The summed E-state index contributed by atoms with van der Waals surface area (Å²) in [4.78, 5) is 25.1. The second kappa shape index (κ2) is 7.27. The van der Waals surface area contributed by atoms with Gasteiger partial charge in [0.15, 0.2) is 11.4 Å². The van der Waals surface area contributed by atoms with Crippen LogP contribution >= 0.6 is 0 Å². The first kappa shape index (κ1) is 24.2. The monoisotopic (exact) mass is 472 g/mol. The van der Waals surface area contributed by atoms with Gasteiger partial charge in [0.05, 0.1) is 5.92 Å². The molecule has 11 unspecified atom stereocenters. The lowest BCUT2D eigenvalue weighted by atomic mass is 9.43. The summed E-state index contributed by atoms with van der Waals surface area (Å²) in [6, 6.07) is 0. The molecule has 0 aromatic heterocycles. The molecule has 3 N–H and O–H groups in total. The molecule has 6 nitrogen and oxygen atoms in total. The van der Waals surface area contributed by atoms with E-state index >= 15 is 0 Å². The van der Waals surface area contributed by atoms with E-state index in [1.165, 1.54) is 0 Å². The van der Waals surface area contributed by atoms with Crippen molar-refractivity contribution in [1.29, 1.82) is 0 Å². The number of aliphatic carboxylic acids is 1. The molecule has 1 heterocycles. The number of fused-ring (bicyclic) bond motifs is 2. The molecular formula is C28H40O6. The lowest BCUT2D eigenvalue weighted by Gasteiger charge is -2.60. The summed E-state index contributed by atoms with van der Waals surface area (Å²) >= 11 is 0. The molecule has 5 rings (SSSR count). The van der Waals surface area contributed by atoms with Crippen molar-refractivity contribution in [3.63, 3.8) is 0 Å². The third-order valence-corrected chi connectivity index (χ3v) is 11.4. The molecule has 4 aliphatic carbocycles. The van der Waals surface area contributed by atoms with E-state index < -0.39 is 40.2 Å². The maximum absolute atomic E-state index is 13.8. The number of Topliss-reactive ketones (excluding diaryl/α,β-unsaturated/α-hetero) is 1. The van der Waals surface area contributed by atoms with Crippen molar-refractivity contribution in [1.82, 2.24) is 0 Å².